The molecule has 4 rings (SSSR count). The lowest BCUT2D eigenvalue weighted by Gasteiger charge is -2.34. The molecule has 1 aliphatic rings. The van der Waals surface area contributed by atoms with Crippen molar-refractivity contribution in [2.75, 3.05) is 37.0 Å². The Hall–Kier alpha value is -2.38. The first-order valence-electron chi connectivity index (χ1n) is 8.22. The molecule has 1 saturated heterocycles. The monoisotopic (exact) mass is 358 g/mol. The molecule has 3 heterocycles. The fourth-order valence-corrected chi connectivity index (χ4v) is 3.28. The quantitative estimate of drug-likeness (QED) is 0.726. The fourth-order valence-electron chi connectivity index (χ4n) is 3.10. The van der Waals surface area contributed by atoms with Gasteiger partial charge in [0, 0.05) is 19.7 Å². The number of benzene rings is 1. The number of morpholine rings is 1. The summed E-state index contributed by atoms with van der Waals surface area (Å²) in [7, 11) is 1.83. The molecule has 1 aliphatic heterocycles. The van der Waals surface area contributed by atoms with Crippen LogP contribution in [-0.2, 0) is 4.74 Å². The average molecular weight is 359 g/mol. The van der Waals surface area contributed by atoms with Gasteiger partial charge in [-0.05, 0) is 19.1 Å². The summed E-state index contributed by atoms with van der Waals surface area (Å²) < 4.78 is 7.40. The number of ether oxygens (including phenoxy) is 1. The van der Waals surface area contributed by atoms with Gasteiger partial charge in [0.15, 0.2) is 0 Å². The van der Waals surface area contributed by atoms with E-state index in [1.807, 2.05) is 35.9 Å². The zero-order chi connectivity index (χ0) is 17.4. The number of fused-ring (bicyclic) bond motifs is 1. The van der Waals surface area contributed by atoms with Crippen LogP contribution in [0.1, 0.15) is 6.92 Å². The second-order valence-electron chi connectivity index (χ2n) is 5.98. The Morgan fingerprint density at radius 3 is 2.88 bits per heavy atom. The summed E-state index contributed by atoms with van der Waals surface area (Å²) in [5, 5.41) is 3.51. The second-order valence-corrected chi connectivity index (χ2v) is 6.36. The van der Waals surface area contributed by atoms with Crippen molar-refractivity contribution in [2.45, 2.75) is 13.0 Å². The van der Waals surface area contributed by atoms with Gasteiger partial charge in [0.1, 0.15) is 11.0 Å². The van der Waals surface area contributed by atoms with Crippen molar-refractivity contribution < 1.29 is 4.74 Å². The summed E-state index contributed by atoms with van der Waals surface area (Å²) in [6.45, 7) is 4.24. The summed E-state index contributed by atoms with van der Waals surface area (Å²) >= 11 is 6.32. The van der Waals surface area contributed by atoms with Gasteiger partial charge in [-0.3, -0.25) is 0 Å². The summed E-state index contributed by atoms with van der Waals surface area (Å²) in [5.74, 6) is 1.97. The molecule has 1 unspecified atom stereocenters. The Morgan fingerprint density at radius 1 is 1.24 bits per heavy atom. The Balaban J connectivity index is 1.86. The maximum Gasteiger partial charge on any atom is 0.240 e. The maximum absolute atomic E-state index is 6.32. The molecule has 1 N–H and O–H groups in total. The van der Waals surface area contributed by atoms with E-state index >= 15 is 0 Å². The Bertz CT molecular complexity index is 911. The van der Waals surface area contributed by atoms with Crippen LogP contribution in [0.15, 0.2) is 30.3 Å². The average Bonchev–Trinajstić information content (AvgIpc) is 3.00. The molecular formula is C17H19ClN6O. The van der Waals surface area contributed by atoms with Crippen LogP contribution in [0.3, 0.4) is 0 Å². The Labute approximate surface area is 150 Å². The van der Waals surface area contributed by atoms with Crippen LogP contribution in [0.2, 0.25) is 5.15 Å². The lowest BCUT2D eigenvalue weighted by Crippen LogP contribution is -2.44. The van der Waals surface area contributed by atoms with E-state index in [-0.39, 0.29) is 6.04 Å². The molecule has 1 fully saturated rings. The van der Waals surface area contributed by atoms with Crippen LogP contribution in [0.5, 0.6) is 0 Å². The van der Waals surface area contributed by atoms with E-state index in [1.165, 1.54) is 0 Å². The summed E-state index contributed by atoms with van der Waals surface area (Å²) in [4.78, 5) is 16.0. The van der Waals surface area contributed by atoms with Crippen LogP contribution in [0.25, 0.3) is 17.0 Å². The molecule has 7 nitrogen and oxygen atoms in total. The summed E-state index contributed by atoms with van der Waals surface area (Å²) in [6.07, 6.45) is 0. The van der Waals surface area contributed by atoms with Gasteiger partial charge in [0.05, 0.1) is 30.3 Å². The molecule has 130 valence electrons. The van der Waals surface area contributed by atoms with Crippen molar-refractivity contribution in [1.29, 1.82) is 0 Å². The Kier molecular flexibility index (Phi) is 4.19. The van der Waals surface area contributed by atoms with Gasteiger partial charge < -0.3 is 15.0 Å². The van der Waals surface area contributed by atoms with Crippen LogP contribution >= 0.6 is 11.6 Å². The first-order chi connectivity index (χ1) is 12.2. The zero-order valence-corrected chi connectivity index (χ0v) is 14.9. The summed E-state index contributed by atoms with van der Waals surface area (Å²) in [5.41, 5.74) is 1.80. The number of hydrogen-bond acceptors (Lipinski definition) is 6. The van der Waals surface area contributed by atoms with Crippen molar-refractivity contribution in [3.05, 3.63) is 35.5 Å². The number of imidazole rings is 1. The predicted octanol–water partition coefficient (Wildman–Crippen LogP) is 2.74. The molecule has 0 bridgehead atoms. The van der Waals surface area contributed by atoms with E-state index in [9.17, 15) is 0 Å². The van der Waals surface area contributed by atoms with Gasteiger partial charge >= 0.3 is 0 Å². The standard InChI is InChI=1S/C17H19ClN6O/c1-11-10-25-8-7-23(11)15-9-14(18)21-17(22-15)24-13-6-4-3-5-12(13)20-16(24)19-2/h3-6,9,11H,7-8,10H2,1-2H3,(H,19,20). The number of halogens is 1. The summed E-state index contributed by atoms with van der Waals surface area (Å²) in [6, 6.07) is 9.90. The highest BCUT2D eigenvalue weighted by atomic mass is 35.5. The van der Waals surface area contributed by atoms with Gasteiger partial charge in [0.2, 0.25) is 11.9 Å². The first kappa shape index (κ1) is 16.1. The number of aromatic nitrogens is 4. The van der Waals surface area contributed by atoms with E-state index in [1.54, 1.807) is 6.07 Å². The maximum atomic E-state index is 6.32. The van der Waals surface area contributed by atoms with E-state index < -0.39 is 0 Å². The fraction of sp³-hybridized carbons (Fsp3) is 0.353. The number of hydrogen-bond donors (Lipinski definition) is 1. The molecule has 8 heteroatoms. The third-order valence-electron chi connectivity index (χ3n) is 4.32. The van der Waals surface area contributed by atoms with Gasteiger partial charge in [-0.25, -0.2) is 14.5 Å². The number of para-hydroxylation sites is 2. The zero-order valence-electron chi connectivity index (χ0n) is 14.1. The number of rotatable bonds is 3. The molecule has 0 radical (unpaired) electrons. The van der Waals surface area contributed by atoms with E-state index in [0.29, 0.717) is 30.3 Å². The largest absolute Gasteiger partial charge is 0.377 e. The molecule has 1 atom stereocenters. The SMILES string of the molecule is CNc1nc2ccccc2n1-c1nc(Cl)cc(N2CCOCC2C)n1. The number of anilines is 2. The lowest BCUT2D eigenvalue weighted by molar-refractivity contribution is 0.0985. The van der Waals surface area contributed by atoms with Gasteiger partial charge in [-0.2, -0.15) is 4.98 Å². The van der Waals surface area contributed by atoms with E-state index in [4.69, 9.17) is 21.3 Å². The van der Waals surface area contributed by atoms with E-state index in [0.717, 1.165) is 23.4 Å². The molecular weight excluding hydrogens is 340 g/mol. The molecule has 1 aromatic carbocycles. The van der Waals surface area contributed by atoms with Crippen LogP contribution in [0.4, 0.5) is 11.8 Å². The molecule has 0 spiro atoms. The van der Waals surface area contributed by atoms with Crippen molar-refractivity contribution in [1.82, 2.24) is 19.5 Å². The highest BCUT2D eigenvalue weighted by Crippen LogP contribution is 2.26. The second kappa shape index (κ2) is 6.50. The van der Waals surface area contributed by atoms with Gasteiger partial charge in [0.25, 0.3) is 0 Å². The Morgan fingerprint density at radius 2 is 2.08 bits per heavy atom. The minimum atomic E-state index is 0.232. The van der Waals surface area contributed by atoms with E-state index in [2.05, 4.69) is 27.1 Å². The minimum Gasteiger partial charge on any atom is -0.377 e. The van der Waals surface area contributed by atoms with Crippen LogP contribution in [-0.4, -0.2) is 52.4 Å². The molecule has 0 amide bonds. The molecule has 0 aliphatic carbocycles. The van der Waals surface area contributed by atoms with Crippen molar-refractivity contribution in [2.24, 2.45) is 0 Å². The number of nitrogens with one attached hydrogen (secondary N) is 1. The highest BCUT2D eigenvalue weighted by Gasteiger charge is 2.22. The predicted molar refractivity (Wildman–Crippen MR) is 98.8 cm³/mol. The third-order valence-corrected chi connectivity index (χ3v) is 4.51. The minimum absolute atomic E-state index is 0.232. The van der Waals surface area contributed by atoms with Gasteiger partial charge in [-0.15, -0.1) is 0 Å². The van der Waals surface area contributed by atoms with Crippen LogP contribution in [0, 0.1) is 0 Å². The third kappa shape index (κ3) is 2.89. The first-order valence-corrected chi connectivity index (χ1v) is 8.60. The normalized spacial score (nSPS) is 17.9. The molecule has 3 aromatic rings. The molecule has 0 saturated carbocycles. The van der Waals surface area contributed by atoms with Crippen LogP contribution < -0.4 is 10.2 Å². The number of nitrogens with zero attached hydrogens (tertiary/aromatic N) is 5. The topological polar surface area (TPSA) is 68.1 Å². The highest BCUT2D eigenvalue weighted by molar-refractivity contribution is 6.29. The molecule has 2 aromatic heterocycles. The van der Waals surface area contributed by atoms with Crippen molar-refractivity contribution >= 4 is 34.4 Å². The smallest absolute Gasteiger partial charge is 0.240 e. The van der Waals surface area contributed by atoms with Gasteiger partial charge in [-0.1, -0.05) is 23.7 Å². The van der Waals surface area contributed by atoms with Crippen molar-refractivity contribution in [3.8, 4) is 5.95 Å². The van der Waals surface area contributed by atoms with Crippen molar-refractivity contribution in [3.63, 3.8) is 0 Å². The lowest BCUT2D eigenvalue weighted by atomic mass is 10.2. The molecule has 25 heavy (non-hydrogen) atoms.